The molecule has 1 aromatic carbocycles. The van der Waals surface area contributed by atoms with E-state index in [1.807, 2.05) is 30.1 Å². The first-order valence-corrected chi connectivity index (χ1v) is 10.9. The van der Waals surface area contributed by atoms with E-state index in [2.05, 4.69) is 39.1 Å². The number of piperidine rings is 1. The Labute approximate surface area is 175 Å². The Morgan fingerprint density at radius 2 is 1.86 bits per heavy atom. The molecule has 2 aromatic rings. The molecule has 28 heavy (non-hydrogen) atoms. The number of fused-ring (bicyclic) bond motifs is 1. The lowest BCUT2D eigenvalue weighted by molar-refractivity contribution is 0.114. The number of nitrogens with one attached hydrogen (secondary N) is 3. The maximum absolute atomic E-state index is 9.06. The van der Waals surface area contributed by atoms with Gasteiger partial charge in [-0.2, -0.15) is 5.26 Å². The lowest BCUT2D eigenvalue weighted by Crippen LogP contribution is -2.62. The van der Waals surface area contributed by atoms with Crippen molar-refractivity contribution in [3.63, 3.8) is 0 Å². The number of nitrogens with zero attached hydrogens (tertiary/aromatic N) is 2. The van der Waals surface area contributed by atoms with Crippen molar-refractivity contribution in [1.82, 2.24) is 10.2 Å². The van der Waals surface area contributed by atoms with Crippen LogP contribution >= 0.6 is 23.1 Å². The van der Waals surface area contributed by atoms with Crippen LogP contribution in [0.1, 0.15) is 51.0 Å². The number of hydrogen-bond acceptors (Lipinski definition) is 6. The third kappa shape index (κ3) is 4.57. The second kappa shape index (κ2) is 7.51. The number of amidine groups is 1. The molecule has 5 nitrogen and oxygen atoms in total. The summed E-state index contributed by atoms with van der Waals surface area (Å²) in [6.45, 7) is 8.83. The number of thiophene rings is 1. The van der Waals surface area contributed by atoms with Crippen molar-refractivity contribution >= 4 is 43.4 Å². The highest BCUT2D eigenvalue weighted by Crippen LogP contribution is 2.33. The van der Waals surface area contributed by atoms with Crippen molar-refractivity contribution < 1.29 is 0 Å². The number of rotatable bonds is 2. The Morgan fingerprint density at radius 3 is 2.46 bits per heavy atom. The second-order valence-electron chi connectivity index (χ2n) is 8.78. The van der Waals surface area contributed by atoms with Crippen molar-refractivity contribution in [2.24, 2.45) is 0 Å². The van der Waals surface area contributed by atoms with Crippen molar-refractivity contribution in [3.05, 3.63) is 34.7 Å². The summed E-state index contributed by atoms with van der Waals surface area (Å²) < 4.78 is 1.06. The van der Waals surface area contributed by atoms with Crippen LogP contribution < -0.4 is 5.32 Å². The topological polar surface area (TPSA) is 86.8 Å². The van der Waals surface area contributed by atoms with Crippen LogP contribution in [-0.4, -0.2) is 39.3 Å². The van der Waals surface area contributed by atoms with Crippen LogP contribution in [0.3, 0.4) is 0 Å². The summed E-state index contributed by atoms with van der Waals surface area (Å²) in [6.07, 6.45) is 1.92. The van der Waals surface area contributed by atoms with Crippen molar-refractivity contribution in [2.45, 2.75) is 57.7 Å². The van der Waals surface area contributed by atoms with Crippen LogP contribution in [0.5, 0.6) is 0 Å². The van der Waals surface area contributed by atoms with Gasteiger partial charge in [0.1, 0.15) is 5.04 Å². The fourth-order valence-corrected chi connectivity index (χ4v) is 5.94. The number of hydrogen-bond donors (Lipinski definition) is 3. The van der Waals surface area contributed by atoms with Crippen LogP contribution in [-0.2, 0) is 0 Å². The molecule has 0 aliphatic carbocycles. The highest BCUT2D eigenvalue weighted by atomic mass is 32.2. The molecule has 3 rings (SSSR count). The first-order chi connectivity index (χ1) is 13.0. The smallest absolute Gasteiger partial charge is 0.162 e. The average molecular weight is 414 g/mol. The molecule has 1 aliphatic heterocycles. The van der Waals surface area contributed by atoms with Crippen LogP contribution in [0.4, 0.5) is 0 Å². The molecule has 0 radical (unpaired) electrons. The van der Waals surface area contributed by atoms with E-state index in [0.717, 1.165) is 27.8 Å². The molecule has 0 atom stereocenters. The van der Waals surface area contributed by atoms with Gasteiger partial charge < -0.3 is 10.2 Å². The van der Waals surface area contributed by atoms with Gasteiger partial charge in [0.2, 0.25) is 0 Å². The Bertz CT molecular complexity index is 951. The molecule has 148 valence electrons. The second-order valence-corrected chi connectivity index (χ2v) is 10.9. The maximum atomic E-state index is 9.06. The molecule has 0 amide bonds. The molecule has 1 aliphatic rings. The zero-order valence-corrected chi connectivity index (χ0v) is 18.6. The standard InChI is InChI=1S/C21H27N5S2/c1-20(2)10-15(11-21(3,4)25-20)26(5)19(24)28-18(23)17-9-14-8-13(12-22)6-7-16(14)27-17/h6-9,15,23-25H,10-11H2,1-5H3. The van der Waals surface area contributed by atoms with Crippen molar-refractivity contribution in [1.29, 1.82) is 16.1 Å². The van der Waals surface area contributed by atoms with Crippen molar-refractivity contribution in [2.75, 3.05) is 7.05 Å². The quantitative estimate of drug-likeness (QED) is 0.477. The van der Waals surface area contributed by atoms with E-state index in [0.29, 0.717) is 15.8 Å². The first kappa shape index (κ1) is 20.8. The molecule has 3 N–H and O–H groups in total. The number of benzene rings is 1. The molecule has 0 spiro atoms. The Hall–Kier alpha value is -1.88. The summed E-state index contributed by atoms with van der Waals surface area (Å²) in [7, 11) is 1.97. The van der Waals surface area contributed by atoms with Gasteiger partial charge in [0.15, 0.2) is 5.17 Å². The molecule has 0 unspecified atom stereocenters. The highest BCUT2D eigenvalue weighted by Gasteiger charge is 2.39. The minimum Gasteiger partial charge on any atom is -0.351 e. The molecular weight excluding hydrogens is 386 g/mol. The predicted molar refractivity (Wildman–Crippen MR) is 121 cm³/mol. The predicted octanol–water partition coefficient (Wildman–Crippen LogP) is 5.01. The van der Waals surface area contributed by atoms with Gasteiger partial charge in [0.05, 0.1) is 16.5 Å². The summed E-state index contributed by atoms with van der Waals surface area (Å²) >= 11 is 2.73. The normalized spacial score (nSPS) is 18.6. The van der Waals surface area contributed by atoms with E-state index in [4.69, 9.17) is 16.1 Å². The monoisotopic (exact) mass is 413 g/mol. The Morgan fingerprint density at radius 1 is 1.21 bits per heavy atom. The number of thioether (sulfide) groups is 1. The van der Waals surface area contributed by atoms with Gasteiger partial charge in [-0.05, 0) is 82.0 Å². The number of nitriles is 1. The SMILES string of the molecule is CN(C(=N)SC(=N)c1cc2cc(C#N)ccc2s1)C1CC(C)(C)NC(C)(C)C1. The first-order valence-electron chi connectivity index (χ1n) is 9.31. The molecule has 1 aromatic heterocycles. The van der Waals surface area contributed by atoms with Gasteiger partial charge in [0, 0.05) is 28.9 Å². The fourth-order valence-electron chi connectivity index (χ4n) is 4.15. The van der Waals surface area contributed by atoms with E-state index >= 15 is 0 Å². The van der Waals surface area contributed by atoms with Crippen LogP contribution in [0.2, 0.25) is 0 Å². The highest BCUT2D eigenvalue weighted by molar-refractivity contribution is 8.26. The third-order valence-electron chi connectivity index (χ3n) is 5.10. The van der Waals surface area contributed by atoms with Crippen molar-refractivity contribution in [3.8, 4) is 6.07 Å². The van der Waals surface area contributed by atoms with E-state index < -0.39 is 0 Å². The van der Waals surface area contributed by atoms with E-state index in [1.165, 1.54) is 23.1 Å². The lowest BCUT2D eigenvalue weighted by Gasteiger charge is -2.49. The molecule has 1 fully saturated rings. The molecule has 2 heterocycles. The van der Waals surface area contributed by atoms with Gasteiger partial charge in [-0.25, -0.2) is 0 Å². The van der Waals surface area contributed by atoms with Gasteiger partial charge in [-0.1, -0.05) is 0 Å². The van der Waals surface area contributed by atoms with Gasteiger partial charge in [-0.3, -0.25) is 10.8 Å². The Balaban J connectivity index is 1.71. The summed E-state index contributed by atoms with van der Waals surface area (Å²) in [4.78, 5) is 2.85. The summed E-state index contributed by atoms with van der Waals surface area (Å²) in [6, 6.07) is 9.94. The van der Waals surface area contributed by atoms with Gasteiger partial charge in [-0.15, -0.1) is 11.3 Å². The minimum atomic E-state index is 0.0169. The maximum Gasteiger partial charge on any atom is 0.162 e. The van der Waals surface area contributed by atoms with Crippen LogP contribution in [0.15, 0.2) is 24.3 Å². The minimum absolute atomic E-state index is 0.0169. The molecule has 7 heteroatoms. The molecule has 1 saturated heterocycles. The zero-order chi connectivity index (χ0) is 20.7. The molecule has 0 saturated carbocycles. The third-order valence-corrected chi connectivity index (χ3v) is 7.27. The van der Waals surface area contributed by atoms with Gasteiger partial charge >= 0.3 is 0 Å². The van der Waals surface area contributed by atoms with Crippen LogP contribution in [0.25, 0.3) is 10.1 Å². The molecule has 0 bridgehead atoms. The average Bonchev–Trinajstić information content (AvgIpc) is 3.01. The van der Waals surface area contributed by atoms with E-state index in [1.54, 1.807) is 6.07 Å². The Kier molecular flexibility index (Phi) is 5.59. The fraction of sp³-hybridized carbons (Fsp3) is 0.476. The lowest BCUT2D eigenvalue weighted by atomic mass is 9.79. The zero-order valence-electron chi connectivity index (χ0n) is 17.0. The van der Waals surface area contributed by atoms with Gasteiger partial charge in [0.25, 0.3) is 0 Å². The van der Waals surface area contributed by atoms with Crippen LogP contribution in [0, 0.1) is 22.1 Å². The summed E-state index contributed by atoms with van der Waals surface area (Å²) in [5.41, 5.74) is 0.659. The largest absolute Gasteiger partial charge is 0.351 e. The molecular formula is C21H27N5S2. The summed E-state index contributed by atoms with van der Waals surface area (Å²) in [5, 5.41) is 31.5. The summed E-state index contributed by atoms with van der Waals surface area (Å²) in [5.74, 6) is 0. The van der Waals surface area contributed by atoms with E-state index in [-0.39, 0.29) is 17.1 Å². The van der Waals surface area contributed by atoms with E-state index in [9.17, 15) is 0 Å².